The van der Waals surface area contributed by atoms with Gasteiger partial charge in [0.05, 0.1) is 5.41 Å². The first-order chi connectivity index (χ1) is 20.1. The van der Waals surface area contributed by atoms with Crippen molar-refractivity contribution in [2.24, 2.45) is 0 Å². The molecule has 0 radical (unpaired) electrons. The Morgan fingerprint density at radius 2 is 0.756 bits per heavy atom. The van der Waals surface area contributed by atoms with Crippen molar-refractivity contribution in [3.8, 4) is 44.9 Å². The van der Waals surface area contributed by atoms with Crippen molar-refractivity contribution in [1.29, 1.82) is 0 Å². The SMILES string of the molecule is CC1(C)c2ccccc2Oc2cccc(-c3cccc4c3C3(c5ccccc5-c5ccccc53)c3ccccc3-4)c21. The van der Waals surface area contributed by atoms with Gasteiger partial charge < -0.3 is 4.74 Å². The summed E-state index contributed by atoms with van der Waals surface area (Å²) >= 11 is 0. The summed E-state index contributed by atoms with van der Waals surface area (Å²) in [5, 5.41) is 0. The highest BCUT2D eigenvalue weighted by Gasteiger charge is 2.53. The van der Waals surface area contributed by atoms with Gasteiger partial charge >= 0.3 is 0 Å². The largest absolute Gasteiger partial charge is 0.457 e. The van der Waals surface area contributed by atoms with Gasteiger partial charge in [-0.05, 0) is 67.8 Å². The first kappa shape index (κ1) is 22.9. The lowest BCUT2D eigenvalue weighted by Gasteiger charge is -2.37. The molecular weight excluding hydrogens is 496 g/mol. The van der Waals surface area contributed by atoms with Gasteiger partial charge in [-0.3, -0.25) is 0 Å². The molecule has 0 bridgehead atoms. The number of para-hydroxylation sites is 1. The molecule has 0 aromatic heterocycles. The summed E-state index contributed by atoms with van der Waals surface area (Å²) in [5.74, 6) is 1.89. The van der Waals surface area contributed by atoms with E-state index in [-0.39, 0.29) is 5.41 Å². The summed E-state index contributed by atoms with van der Waals surface area (Å²) in [6.07, 6.45) is 0. The highest BCUT2D eigenvalue weighted by Crippen LogP contribution is 2.65. The van der Waals surface area contributed by atoms with E-state index >= 15 is 0 Å². The van der Waals surface area contributed by atoms with E-state index in [9.17, 15) is 0 Å². The predicted octanol–water partition coefficient (Wildman–Crippen LogP) is 10.1. The minimum Gasteiger partial charge on any atom is -0.457 e. The second-order valence-electron chi connectivity index (χ2n) is 12.0. The maximum Gasteiger partial charge on any atom is 0.132 e. The molecule has 6 aromatic rings. The quantitative estimate of drug-likeness (QED) is 0.208. The molecule has 1 heteroatoms. The summed E-state index contributed by atoms with van der Waals surface area (Å²) < 4.78 is 6.59. The van der Waals surface area contributed by atoms with E-state index < -0.39 is 5.41 Å². The molecule has 194 valence electrons. The predicted molar refractivity (Wildman–Crippen MR) is 167 cm³/mol. The third kappa shape index (κ3) is 2.71. The number of rotatable bonds is 1. The molecule has 0 saturated heterocycles. The molecule has 9 rings (SSSR count). The van der Waals surface area contributed by atoms with E-state index in [0.717, 1.165) is 11.5 Å². The molecule has 1 spiro atoms. The smallest absolute Gasteiger partial charge is 0.132 e. The first-order valence-electron chi connectivity index (χ1n) is 14.5. The lowest BCUT2D eigenvalue weighted by molar-refractivity contribution is 0.419. The fraction of sp³-hybridized carbons (Fsp3) is 0.100. The van der Waals surface area contributed by atoms with Crippen LogP contribution in [0.5, 0.6) is 11.5 Å². The number of benzene rings is 6. The van der Waals surface area contributed by atoms with E-state index in [1.165, 1.54) is 66.8 Å². The zero-order valence-electron chi connectivity index (χ0n) is 23.1. The van der Waals surface area contributed by atoms with Crippen LogP contribution in [0.15, 0.2) is 133 Å². The van der Waals surface area contributed by atoms with Gasteiger partial charge in [0.25, 0.3) is 0 Å². The van der Waals surface area contributed by atoms with E-state index in [0.29, 0.717) is 0 Å². The van der Waals surface area contributed by atoms with Gasteiger partial charge in [0.1, 0.15) is 11.5 Å². The van der Waals surface area contributed by atoms with Crippen LogP contribution in [-0.2, 0) is 10.8 Å². The molecule has 0 saturated carbocycles. The van der Waals surface area contributed by atoms with E-state index in [1.54, 1.807) is 0 Å². The monoisotopic (exact) mass is 524 g/mol. The Kier molecular flexibility index (Phi) is 4.39. The van der Waals surface area contributed by atoms with Crippen molar-refractivity contribution in [2.45, 2.75) is 24.7 Å². The molecule has 1 aliphatic heterocycles. The normalized spacial score (nSPS) is 15.7. The third-order valence-electron chi connectivity index (χ3n) is 9.73. The average Bonchev–Trinajstić information content (AvgIpc) is 3.48. The lowest BCUT2D eigenvalue weighted by Crippen LogP contribution is -2.28. The maximum atomic E-state index is 6.59. The molecule has 2 aliphatic carbocycles. The second-order valence-corrected chi connectivity index (χ2v) is 12.0. The molecule has 0 N–H and O–H groups in total. The van der Waals surface area contributed by atoms with Crippen LogP contribution < -0.4 is 4.74 Å². The molecule has 1 heterocycles. The highest BCUT2D eigenvalue weighted by atomic mass is 16.5. The van der Waals surface area contributed by atoms with Crippen LogP contribution in [0.2, 0.25) is 0 Å². The van der Waals surface area contributed by atoms with E-state index in [1.807, 2.05) is 0 Å². The van der Waals surface area contributed by atoms with Gasteiger partial charge in [-0.2, -0.15) is 0 Å². The molecule has 0 fully saturated rings. The number of hydrogen-bond donors (Lipinski definition) is 0. The Morgan fingerprint density at radius 3 is 1.37 bits per heavy atom. The van der Waals surface area contributed by atoms with Crippen molar-refractivity contribution in [3.05, 3.63) is 167 Å². The highest BCUT2D eigenvalue weighted by molar-refractivity contribution is 5.99. The van der Waals surface area contributed by atoms with Crippen LogP contribution >= 0.6 is 0 Å². The zero-order valence-corrected chi connectivity index (χ0v) is 23.1. The third-order valence-corrected chi connectivity index (χ3v) is 9.73. The van der Waals surface area contributed by atoms with Crippen LogP contribution in [-0.4, -0.2) is 0 Å². The van der Waals surface area contributed by atoms with E-state index in [4.69, 9.17) is 4.74 Å². The van der Waals surface area contributed by atoms with Crippen molar-refractivity contribution in [3.63, 3.8) is 0 Å². The standard InChI is InChI=1S/C40H28O/c1-39(2)34-22-9-10-23-35(34)41-36-24-12-18-30(38(36)39)29-17-11-16-28-27-15-5-8-21-33(27)40(37(28)29)31-19-6-3-13-25(31)26-14-4-7-20-32(26)40/h3-24H,1-2H3. The lowest BCUT2D eigenvalue weighted by atomic mass is 9.67. The van der Waals surface area contributed by atoms with Crippen molar-refractivity contribution >= 4 is 0 Å². The van der Waals surface area contributed by atoms with Gasteiger partial charge in [0, 0.05) is 16.5 Å². The number of fused-ring (bicyclic) bond motifs is 12. The van der Waals surface area contributed by atoms with Crippen molar-refractivity contribution < 1.29 is 4.74 Å². The summed E-state index contributed by atoms with van der Waals surface area (Å²) in [4.78, 5) is 0. The summed E-state index contributed by atoms with van der Waals surface area (Å²) in [5.41, 5.74) is 15.1. The van der Waals surface area contributed by atoms with Crippen LogP contribution in [0.3, 0.4) is 0 Å². The van der Waals surface area contributed by atoms with Crippen LogP contribution in [0.25, 0.3) is 33.4 Å². The minimum absolute atomic E-state index is 0.229. The zero-order chi connectivity index (χ0) is 27.3. The number of hydrogen-bond acceptors (Lipinski definition) is 1. The first-order valence-corrected chi connectivity index (χ1v) is 14.5. The molecule has 1 nitrogen and oxygen atoms in total. The molecule has 3 aliphatic rings. The topological polar surface area (TPSA) is 9.23 Å². The summed E-state index contributed by atoms with van der Waals surface area (Å²) in [7, 11) is 0. The van der Waals surface area contributed by atoms with Crippen LogP contribution in [0, 0.1) is 0 Å². The molecular formula is C40H28O. The van der Waals surface area contributed by atoms with Gasteiger partial charge in [-0.1, -0.05) is 135 Å². The summed E-state index contributed by atoms with van der Waals surface area (Å²) in [6.45, 7) is 4.68. The fourth-order valence-corrected chi connectivity index (χ4v) is 8.19. The van der Waals surface area contributed by atoms with Crippen LogP contribution in [0.4, 0.5) is 0 Å². The fourth-order valence-electron chi connectivity index (χ4n) is 8.19. The Labute approximate surface area is 240 Å². The molecule has 6 aromatic carbocycles. The van der Waals surface area contributed by atoms with Gasteiger partial charge in [0.2, 0.25) is 0 Å². The number of ether oxygens (including phenoxy) is 1. The van der Waals surface area contributed by atoms with Crippen LogP contribution in [0.1, 0.15) is 47.2 Å². The van der Waals surface area contributed by atoms with Crippen molar-refractivity contribution in [1.82, 2.24) is 0 Å². The van der Waals surface area contributed by atoms with E-state index in [2.05, 4.69) is 147 Å². The maximum absolute atomic E-state index is 6.59. The minimum atomic E-state index is -0.393. The molecule has 41 heavy (non-hydrogen) atoms. The average molecular weight is 525 g/mol. The Balaban J connectivity index is 1.42. The Bertz CT molecular complexity index is 2000. The second kappa shape index (κ2) is 7.86. The van der Waals surface area contributed by atoms with Gasteiger partial charge in [-0.25, -0.2) is 0 Å². The van der Waals surface area contributed by atoms with Gasteiger partial charge in [0.15, 0.2) is 0 Å². The van der Waals surface area contributed by atoms with Gasteiger partial charge in [-0.15, -0.1) is 0 Å². The molecule has 0 atom stereocenters. The Hall–Kier alpha value is -4.88. The van der Waals surface area contributed by atoms with Crippen molar-refractivity contribution in [2.75, 3.05) is 0 Å². The molecule has 0 unspecified atom stereocenters. The summed E-state index contributed by atoms with van der Waals surface area (Å²) in [6, 6.07) is 49.0. The molecule has 0 amide bonds. The Morgan fingerprint density at radius 1 is 0.366 bits per heavy atom.